The van der Waals surface area contributed by atoms with Crippen LogP contribution < -0.4 is 0 Å². The summed E-state index contributed by atoms with van der Waals surface area (Å²) in [5, 5.41) is 12.9. The first kappa shape index (κ1) is 12.4. The Morgan fingerprint density at radius 3 is 2.56 bits per heavy atom. The van der Waals surface area contributed by atoms with E-state index in [9.17, 15) is 4.79 Å². The third-order valence-electron chi connectivity index (χ3n) is 2.19. The smallest absolute Gasteiger partial charge is 0.309 e. The minimum atomic E-state index is -0.791. The molecule has 1 aromatic carbocycles. The van der Waals surface area contributed by atoms with E-state index >= 15 is 0 Å². The van der Waals surface area contributed by atoms with Gasteiger partial charge in [-0.15, -0.1) is 0 Å². The minimum Gasteiger partial charge on any atom is -0.481 e. The first-order chi connectivity index (χ1) is 7.49. The van der Waals surface area contributed by atoms with Crippen LogP contribution in [0, 0.1) is 0 Å². The zero-order chi connectivity index (χ0) is 12.0. The van der Waals surface area contributed by atoms with Gasteiger partial charge in [-0.05, 0) is 5.56 Å². The maximum absolute atomic E-state index is 10.5. The number of hydrogen-bond acceptors (Lipinski definition) is 2. The lowest BCUT2D eigenvalue weighted by Crippen LogP contribution is -2.35. The number of aliphatic carboxylic acids is 1. The Morgan fingerprint density at radius 2 is 2.00 bits per heavy atom. The van der Waals surface area contributed by atoms with E-state index in [0.717, 1.165) is 5.56 Å². The molecule has 0 spiro atoms. The van der Waals surface area contributed by atoms with Crippen LogP contribution in [0.15, 0.2) is 35.4 Å². The molecule has 0 saturated heterocycles. The van der Waals surface area contributed by atoms with Gasteiger partial charge in [0.1, 0.15) is 6.54 Å². The quantitative estimate of drug-likeness (QED) is 0.466. The molecule has 0 fully saturated rings. The molecule has 0 aliphatic rings. The van der Waals surface area contributed by atoms with Gasteiger partial charge < -0.3 is 5.11 Å². The van der Waals surface area contributed by atoms with Crippen molar-refractivity contribution in [3.05, 3.63) is 35.9 Å². The molecule has 0 bridgehead atoms. The Hall–Kier alpha value is -1.68. The largest absolute Gasteiger partial charge is 0.481 e. The Morgan fingerprint density at radius 1 is 1.38 bits per heavy atom. The van der Waals surface area contributed by atoms with Crippen LogP contribution in [0.2, 0.25) is 0 Å². The second-order valence-electron chi connectivity index (χ2n) is 4.14. The molecule has 1 rings (SSSR count). The van der Waals surface area contributed by atoms with Gasteiger partial charge in [0.2, 0.25) is 0 Å². The maximum atomic E-state index is 10.5. The highest BCUT2D eigenvalue weighted by molar-refractivity contribution is 5.78. The molecule has 4 nitrogen and oxygen atoms in total. The average molecular weight is 221 g/mol. The van der Waals surface area contributed by atoms with Crippen molar-refractivity contribution in [2.24, 2.45) is 5.10 Å². The SMILES string of the molecule is C[N+](C)(CCC(=O)O)/N=C\c1ccccc1. The molecule has 86 valence electrons. The summed E-state index contributed by atoms with van der Waals surface area (Å²) in [7, 11) is 3.75. The molecular formula is C12H17N2O2+. The predicted octanol–water partition coefficient (Wildman–Crippen LogP) is 1.57. The lowest BCUT2D eigenvalue weighted by molar-refractivity contribution is -0.896. The summed E-state index contributed by atoms with van der Waals surface area (Å²) in [5.41, 5.74) is 1.02. The fourth-order valence-electron chi connectivity index (χ4n) is 1.19. The van der Waals surface area contributed by atoms with Crippen molar-refractivity contribution >= 4 is 12.2 Å². The molecule has 1 N–H and O–H groups in total. The summed E-state index contributed by atoms with van der Waals surface area (Å²) in [6, 6.07) is 9.75. The van der Waals surface area contributed by atoms with E-state index in [-0.39, 0.29) is 6.42 Å². The van der Waals surface area contributed by atoms with Gasteiger partial charge >= 0.3 is 5.97 Å². The second-order valence-corrected chi connectivity index (χ2v) is 4.14. The van der Waals surface area contributed by atoms with Crippen LogP contribution >= 0.6 is 0 Å². The monoisotopic (exact) mass is 221 g/mol. The fraction of sp³-hybridized carbons (Fsp3) is 0.333. The van der Waals surface area contributed by atoms with Crippen LogP contribution in [0.5, 0.6) is 0 Å². The predicted molar refractivity (Wildman–Crippen MR) is 63.3 cm³/mol. The molecule has 0 aliphatic heterocycles. The normalized spacial score (nSPS) is 11.9. The number of nitrogens with zero attached hydrogens (tertiary/aromatic N) is 2. The number of carbonyl (C=O) groups is 1. The maximum Gasteiger partial charge on any atom is 0.309 e. The van der Waals surface area contributed by atoms with Crippen molar-refractivity contribution in [1.29, 1.82) is 0 Å². The molecule has 0 radical (unpaired) electrons. The van der Waals surface area contributed by atoms with Crippen molar-refractivity contribution in [2.45, 2.75) is 6.42 Å². The van der Waals surface area contributed by atoms with Crippen LogP contribution in [-0.4, -0.2) is 42.5 Å². The molecule has 0 heterocycles. The average Bonchev–Trinajstić information content (AvgIpc) is 2.26. The summed E-state index contributed by atoms with van der Waals surface area (Å²) in [6.45, 7) is 0.485. The van der Waals surface area contributed by atoms with Gasteiger partial charge in [-0.2, -0.15) is 0 Å². The van der Waals surface area contributed by atoms with Gasteiger partial charge in [-0.25, -0.2) is 4.59 Å². The zero-order valence-electron chi connectivity index (χ0n) is 9.63. The lowest BCUT2D eigenvalue weighted by atomic mass is 10.2. The molecule has 0 aliphatic carbocycles. The van der Waals surface area contributed by atoms with E-state index in [2.05, 4.69) is 5.10 Å². The van der Waals surface area contributed by atoms with E-state index in [1.807, 2.05) is 44.4 Å². The molecular weight excluding hydrogens is 204 g/mol. The summed E-state index contributed by atoms with van der Waals surface area (Å²) in [6.07, 6.45) is 1.89. The number of hydrogen-bond donors (Lipinski definition) is 1. The zero-order valence-corrected chi connectivity index (χ0v) is 9.63. The third kappa shape index (κ3) is 4.70. The lowest BCUT2D eigenvalue weighted by Gasteiger charge is -2.20. The van der Waals surface area contributed by atoms with E-state index in [1.165, 1.54) is 0 Å². The summed E-state index contributed by atoms with van der Waals surface area (Å²) in [5.74, 6) is -0.791. The summed E-state index contributed by atoms with van der Waals surface area (Å²) >= 11 is 0. The van der Waals surface area contributed by atoms with Crippen LogP contribution in [-0.2, 0) is 4.79 Å². The van der Waals surface area contributed by atoms with E-state index in [4.69, 9.17) is 5.11 Å². The van der Waals surface area contributed by atoms with E-state index in [0.29, 0.717) is 11.1 Å². The highest BCUT2D eigenvalue weighted by Gasteiger charge is 2.14. The van der Waals surface area contributed by atoms with E-state index in [1.54, 1.807) is 6.21 Å². The molecule has 1 aromatic rings. The molecule has 16 heavy (non-hydrogen) atoms. The van der Waals surface area contributed by atoms with Gasteiger partial charge in [0.05, 0.1) is 26.7 Å². The highest BCUT2D eigenvalue weighted by Crippen LogP contribution is 2.02. The van der Waals surface area contributed by atoms with Crippen LogP contribution in [0.3, 0.4) is 0 Å². The number of carboxylic acid groups (broad SMARTS) is 1. The molecule has 0 atom stereocenters. The Bertz CT molecular complexity index is 372. The van der Waals surface area contributed by atoms with Gasteiger partial charge in [0, 0.05) is 0 Å². The van der Waals surface area contributed by atoms with Crippen molar-refractivity contribution in [3.8, 4) is 0 Å². The van der Waals surface area contributed by atoms with Gasteiger partial charge in [-0.1, -0.05) is 35.4 Å². The Kier molecular flexibility index (Phi) is 4.19. The molecule has 4 heteroatoms. The third-order valence-corrected chi connectivity index (χ3v) is 2.19. The fourth-order valence-corrected chi connectivity index (χ4v) is 1.19. The molecule has 0 unspecified atom stereocenters. The number of carboxylic acids is 1. The second kappa shape index (κ2) is 5.42. The van der Waals surface area contributed by atoms with Crippen LogP contribution in [0.25, 0.3) is 0 Å². The Labute approximate surface area is 95.4 Å². The highest BCUT2D eigenvalue weighted by atomic mass is 16.4. The van der Waals surface area contributed by atoms with E-state index < -0.39 is 5.97 Å². The Balaban J connectivity index is 2.58. The number of benzene rings is 1. The summed E-state index contributed by atoms with van der Waals surface area (Å²) < 4.78 is 0.321. The van der Waals surface area contributed by atoms with Crippen molar-refractivity contribution < 1.29 is 14.5 Å². The topological polar surface area (TPSA) is 49.7 Å². The molecule has 0 saturated carbocycles. The molecule has 0 aromatic heterocycles. The van der Waals surface area contributed by atoms with Crippen molar-refractivity contribution in [1.82, 2.24) is 0 Å². The van der Waals surface area contributed by atoms with Gasteiger partial charge in [-0.3, -0.25) is 4.79 Å². The van der Waals surface area contributed by atoms with Crippen LogP contribution in [0.4, 0.5) is 0 Å². The van der Waals surface area contributed by atoms with Crippen molar-refractivity contribution in [2.75, 3.05) is 20.6 Å². The van der Waals surface area contributed by atoms with Gasteiger partial charge in [0.25, 0.3) is 0 Å². The summed E-state index contributed by atoms with van der Waals surface area (Å²) in [4.78, 5) is 10.5. The molecule has 0 amide bonds. The first-order valence-corrected chi connectivity index (χ1v) is 5.15. The standard InChI is InChI=1S/C12H16N2O2/c1-14(2,9-8-12(15)16)13-10-11-6-4-3-5-7-11/h3-7,10H,8-9H2,1-2H3/p+1/b13-10-. The van der Waals surface area contributed by atoms with Crippen LogP contribution in [0.1, 0.15) is 12.0 Å². The van der Waals surface area contributed by atoms with Crippen molar-refractivity contribution in [3.63, 3.8) is 0 Å². The van der Waals surface area contributed by atoms with Gasteiger partial charge in [0.15, 0.2) is 0 Å². The number of quaternary nitrogens is 1. The number of rotatable bonds is 5. The first-order valence-electron chi connectivity index (χ1n) is 5.15. The minimum absolute atomic E-state index is 0.124.